The molecule has 1 aliphatic rings. The van der Waals surface area contributed by atoms with Gasteiger partial charge in [0.1, 0.15) is 6.04 Å². The number of carboxylic acid groups (broad SMARTS) is 1. The molecule has 21 heavy (non-hydrogen) atoms. The van der Waals surface area contributed by atoms with E-state index >= 15 is 0 Å². The maximum Gasteiger partial charge on any atom is 0.326 e. The Hall–Kier alpha value is -2.17. The van der Waals surface area contributed by atoms with E-state index in [2.05, 4.69) is 4.98 Å². The fraction of sp³-hybridized carbons (Fsp3) is 0.438. The SMILES string of the molecule is CC1(C)CCCN(C(=O)/C=C/c2cccnc2)C1C(=O)O. The van der Waals surface area contributed by atoms with Gasteiger partial charge >= 0.3 is 5.97 Å². The maximum atomic E-state index is 12.3. The molecular weight excluding hydrogens is 268 g/mol. The molecule has 0 aliphatic carbocycles. The van der Waals surface area contributed by atoms with E-state index in [1.807, 2.05) is 19.9 Å². The fourth-order valence-electron chi connectivity index (χ4n) is 2.84. The summed E-state index contributed by atoms with van der Waals surface area (Å²) in [6.07, 6.45) is 8.03. The van der Waals surface area contributed by atoms with E-state index in [1.165, 1.54) is 11.0 Å². The van der Waals surface area contributed by atoms with E-state index in [0.717, 1.165) is 18.4 Å². The molecular formula is C16H20N2O3. The molecule has 1 unspecified atom stereocenters. The number of amides is 1. The van der Waals surface area contributed by atoms with Crippen LogP contribution in [0.4, 0.5) is 0 Å². The number of likely N-dealkylation sites (tertiary alicyclic amines) is 1. The molecule has 2 rings (SSSR count). The van der Waals surface area contributed by atoms with Crippen molar-refractivity contribution < 1.29 is 14.7 Å². The molecule has 1 saturated heterocycles. The first-order chi connectivity index (χ1) is 9.92. The van der Waals surface area contributed by atoms with Gasteiger partial charge in [0.2, 0.25) is 5.91 Å². The van der Waals surface area contributed by atoms with Crippen molar-refractivity contribution in [1.82, 2.24) is 9.88 Å². The van der Waals surface area contributed by atoms with Crippen LogP contribution in [0.15, 0.2) is 30.6 Å². The predicted octanol–water partition coefficient (Wildman–Crippen LogP) is 2.20. The Morgan fingerprint density at radius 1 is 1.48 bits per heavy atom. The normalized spacial score (nSPS) is 21.4. The zero-order chi connectivity index (χ0) is 15.5. The highest BCUT2D eigenvalue weighted by molar-refractivity contribution is 5.94. The molecule has 1 fully saturated rings. The molecule has 0 bridgehead atoms. The summed E-state index contributed by atoms with van der Waals surface area (Å²) in [6.45, 7) is 4.28. The second kappa shape index (κ2) is 6.08. The molecule has 2 heterocycles. The van der Waals surface area contributed by atoms with Crippen molar-refractivity contribution in [3.63, 3.8) is 0 Å². The first-order valence-electron chi connectivity index (χ1n) is 7.03. The van der Waals surface area contributed by atoms with Gasteiger partial charge in [0.15, 0.2) is 0 Å². The van der Waals surface area contributed by atoms with Gasteiger partial charge in [-0.1, -0.05) is 19.9 Å². The van der Waals surface area contributed by atoms with E-state index < -0.39 is 17.4 Å². The van der Waals surface area contributed by atoms with Crippen molar-refractivity contribution >= 4 is 18.0 Å². The lowest BCUT2D eigenvalue weighted by Crippen LogP contribution is -2.55. The van der Waals surface area contributed by atoms with Crippen molar-refractivity contribution in [2.24, 2.45) is 5.41 Å². The van der Waals surface area contributed by atoms with Gasteiger partial charge in [-0.25, -0.2) is 4.79 Å². The molecule has 0 aromatic carbocycles. The highest BCUT2D eigenvalue weighted by Gasteiger charge is 2.43. The zero-order valence-electron chi connectivity index (χ0n) is 12.3. The molecule has 5 heteroatoms. The van der Waals surface area contributed by atoms with Crippen LogP contribution in [0.2, 0.25) is 0 Å². The van der Waals surface area contributed by atoms with Crippen LogP contribution in [0.25, 0.3) is 6.08 Å². The van der Waals surface area contributed by atoms with E-state index in [-0.39, 0.29) is 5.91 Å². The number of nitrogens with zero attached hydrogens (tertiary/aromatic N) is 2. The summed E-state index contributed by atoms with van der Waals surface area (Å²) in [7, 11) is 0. The smallest absolute Gasteiger partial charge is 0.326 e. The number of carbonyl (C=O) groups excluding carboxylic acids is 1. The molecule has 0 radical (unpaired) electrons. The average Bonchev–Trinajstić information content (AvgIpc) is 2.44. The fourth-order valence-corrected chi connectivity index (χ4v) is 2.84. The highest BCUT2D eigenvalue weighted by atomic mass is 16.4. The molecule has 5 nitrogen and oxygen atoms in total. The number of rotatable bonds is 3. The van der Waals surface area contributed by atoms with E-state index in [4.69, 9.17) is 0 Å². The topological polar surface area (TPSA) is 70.5 Å². The number of pyridine rings is 1. The minimum atomic E-state index is -0.942. The Balaban J connectivity index is 2.17. The molecule has 1 atom stereocenters. The first kappa shape index (κ1) is 15.2. The average molecular weight is 288 g/mol. The summed E-state index contributed by atoms with van der Waals surface area (Å²) < 4.78 is 0. The second-order valence-electron chi connectivity index (χ2n) is 5.98. The Morgan fingerprint density at radius 3 is 2.86 bits per heavy atom. The van der Waals surface area contributed by atoms with Crippen LogP contribution < -0.4 is 0 Å². The van der Waals surface area contributed by atoms with Crippen LogP contribution in [0, 0.1) is 5.41 Å². The van der Waals surface area contributed by atoms with Crippen LogP contribution in [0.1, 0.15) is 32.3 Å². The number of aromatic nitrogens is 1. The maximum absolute atomic E-state index is 12.3. The number of hydrogen-bond acceptors (Lipinski definition) is 3. The molecule has 1 aromatic heterocycles. The Kier molecular flexibility index (Phi) is 4.40. The van der Waals surface area contributed by atoms with E-state index in [0.29, 0.717) is 6.54 Å². The summed E-state index contributed by atoms with van der Waals surface area (Å²) in [5.41, 5.74) is 0.399. The van der Waals surface area contributed by atoms with Gasteiger partial charge in [0, 0.05) is 25.0 Å². The molecule has 1 aromatic rings. The number of aliphatic carboxylic acids is 1. The molecule has 0 saturated carbocycles. The second-order valence-corrected chi connectivity index (χ2v) is 5.98. The summed E-state index contributed by atoms with van der Waals surface area (Å²) in [5.74, 6) is -1.21. The lowest BCUT2D eigenvalue weighted by atomic mass is 9.76. The van der Waals surface area contributed by atoms with Crippen molar-refractivity contribution in [3.05, 3.63) is 36.2 Å². The molecule has 112 valence electrons. The third-order valence-corrected chi connectivity index (χ3v) is 3.89. The van der Waals surface area contributed by atoms with Crippen molar-refractivity contribution in [1.29, 1.82) is 0 Å². The quantitative estimate of drug-likeness (QED) is 0.866. The number of piperidine rings is 1. The first-order valence-corrected chi connectivity index (χ1v) is 7.03. The van der Waals surface area contributed by atoms with E-state index in [9.17, 15) is 14.7 Å². The van der Waals surface area contributed by atoms with Gasteiger partial charge < -0.3 is 10.0 Å². The van der Waals surface area contributed by atoms with Gasteiger partial charge in [-0.05, 0) is 36.0 Å². The summed E-state index contributed by atoms with van der Waals surface area (Å²) >= 11 is 0. The summed E-state index contributed by atoms with van der Waals surface area (Å²) in [6, 6.07) is 2.84. The summed E-state index contributed by atoms with van der Waals surface area (Å²) in [5, 5.41) is 9.45. The number of carbonyl (C=O) groups is 2. The van der Waals surface area contributed by atoms with Crippen LogP contribution in [-0.4, -0.2) is 39.5 Å². The standard InChI is InChI=1S/C16H20N2O3/c1-16(2)8-4-10-18(14(16)15(20)21)13(19)7-6-12-5-3-9-17-11-12/h3,5-7,9,11,14H,4,8,10H2,1-2H3,(H,20,21)/b7-6+. The number of hydrogen-bond donors (Lipinski definition) is 1. The van der Waals surface area contributed by atoms with Gasteiger partial charge in [0.05, 0.1) is 0 Å². The van der Waals surface area contributed by atoms with Gasteiger partial charge in [-0.15, -0.1) is 0 Å². The van der Waals surface area contributed by atoms with Gasteiger partial charge in [-0.2, -0.15) is 0 Å². The third kappa shape index (κ3) is 3.48. The van der Waals surface area contributed by atoms with Gasteiger partial charge in [-0.3, -0.25) is 9.78 Å². The highest BCUT2D eigenvalue weighted by Crippen LogP contribution is 2.35. The Labute approximate surface area is 124 Å². The molecule has 1 amide bonds. The lowest BCUT2D eigenvalue weighted by molar-refractivity contribution is -0.156. The number of carboxylic acids is 1. The molecule has 1 N–H and O–H groups in total. The van der Waals surface area contributed by atoms with Crippen LogP contribution in [0.5, 0.6) is 0 Å². The van der Waals surface area contributed by atoms with Crippen molar-refractivity contribution in [2.75, 3.05) is 6.54 Å². The minimum Gasteiger partial charge on any atom is -0.480 e. The van der Waals surface area contributed by atoms with Crippen LogP contribution in [0.3, 0.4) is 0 Å². The van der Waals surface area contributed by atoms with Gasteiger partial charge in [0.25, 0.3) is 0 Å². The largest absolute Gasteiger partial charge is 0.480 e. The lowest BCUT2D eigenvalue weighted by Gasteiger charge is -2.43. The monoisotopic (exact) mass is 288 g/mol. The summed E-state index contributed by atoms with van der Waals surface area (Å²) in [4.78, 5) is 29.3. The third-order valence-electron chi connectivity index (χ3n) is 3.89. The predicted molar refractivity (Wildman–Crippen MR) is 79.4 cm³/mol. The van der Waals surface area contributed by atoms with Crippen LogP contribution in [-0.2, 0) is 9.59 Å². The minimum absolute atomic E-state index is 0.265. The Morgan fingerprint density at radius 2 is 2.24 bits per heavy atom. The van der Waals surface area contributed by atoms with Crippen LogP contribution >= 0.6 is 0 Å². The van der Waals surface area contributed by atoms with Crippen molar-refractivity contribution in [3.8, 4) is 0 Å². The zero-order valence-corrected chi connectivity index (χ0v) is 12.3. The van der Waals surface area contributed by atoms with Crippen molar-refractivity contribution in [2.45, 2.75) is 32.7 Å². The van der Waals surface area contributed by atoms with E-state index in [1.54, 1.807) is 24.5 Å². The Bertz CT molecular complexity index is 552. The molecule has 1 aliphatic heterocycles. The molecule has 0 spiro atoms.